The fourth-order valence-electron chi connectivity index (χ4n) is 3.80. The largest absolute Gasteiger partial charge is 0.508 e. The van der Waals surface area contributed by atoms with Gasteiger partial charge in [-0.15, -0.1) is 0 Å². The Morgan fingerprint density at radius 1 is 0.805 bits per heavy atom. The number of hydrogen-bond acceptors (Lipinski definition) is 8. The van der Waals surface area contributed by atoms with Crippen LogP contribution < -0.4 is 33.2 Å². The van der Waals surface area contributed by atoms with E-state index in [1.807, 2.05) is 6.07 Å². The smallest absolute Gasteiger partial charge is 0.326 e. The molecular formula is C27H37N7O6S. The molecule has 0 fully saturated rings. The van der Waals surface area contributed by atoms with Crippen molar-refractivity contribution in [2.45, 2.75) is 49.9 Å². The summed E-state index contributed by atoms with van der Waals surface area (Å²) < 4.78 is 0. The first-order valence-corrected chi connectivity index (χ1v) is 13.5. The number of carbonyl (C=O) groups is 4. The zero-order valence-corrected chi connectivity index (χ0v) is 23.3. The summed E-state index contributed by atoms with van der Waals surface area (Å²) in [5.74, 6) is -3.36. The number of rotatable bonds is 16. The highest BCUT2D eigenvalue weighted by Crippen LogP contribution is 2.13. The highest BCUT2D eigenvalue weighted by Gasteiger charge is 2.30. The number of phenolic OH excluding ortho intramolecular Hbond substituents is 1. The van der Waals surface area contributed by atoms with Crippen LogP contribution in [0.3, 0.4) is 0 Å². The predicted octanol–water partition coefficient (Wildman–Crippen LogP) is -0.973. The van der Waals surface area contributed by atoms with Gasteiger partial charge in [0.2, 0.25) is 17.7 Å². The van der Waals surface area contributed by atoms with E-state index in [2.05, 4.69) is 33.6 Å². The third-order valence-corrected chi connectivity index (χ3v) is 6.41. The lowest BCUT2D eigenvalue weighted by molar-refractivity contribution is -0.142. The molecule has 0 aliphatic carbocycles. The number of nitrogens with one attached hydrogen (secondary N) is 3. The lowest BCUT2D eigenvalue weighted by Gasteiger charge is -2.25. The number of nitrogens with zero attached hydrogens (tertiary/aromatic N) is 1. The van der Waals surface area contributed by atoms with E-state index in [0.29, 0.717) is 5.56 Å². The number of benzene rings is 2. The lowest BCUT2D eigenvalue weighted by atomic mass is 10.0. The number of amides is 3. The highest BCUT2D eigenvalue weighted by molar-refractivity contribution is 7.80. The molecule has 4 atom stereocenters. The summed E-state index contributed by atoms with van der Waals surface area (Å²) in [6, 6.07) is 10.4. The summed E-state index contributed by atoms with van der Waals surface area (Å²) in [5.41, 5.74) is 17.7. The molecule has 0 spiro atoms. The van der Waals surface area contributed by atoms with Gasteiger partial charge in [-0.25, -0.2) is 4.79 Å². The Kier molecular flexibility index (Phi) is 13.4. The van der Waals surface area contributed by atoms with Gasteiger partial charge in [0.15, 0.2) is 5.96 Å². The van der Waals surface area contributed by atoms with E-state index in [9.17, 15) is 29.4 Å². The van der Waals surface area contributed by atoms with Crippen molar-refractivity contribution in [3.63, 3.8) is 0 Å². The van der Waals surface area contributed by atoms with Gasteiger partial charge < -0.3 is 43.4 Å². The van der Waals surface area contributed by atoms with Crippen LogP contribution >= 0.6 is 12.6 Å². The van der Waals surface area contributed by atoms with Gasteiger partial charge in [-0.05, 0) is 36.1 Å². The summed E-state index contributed by atoms with van der Waals surface area (Å²) in [7, 11) is 0. The number of nitrogens with two attached hydrogens (primary N) is 3. The summed E-state index contributed by atoms with van der Waals surface area (Å²) in [4.78, 5) is 55.0. The molecule has 0 bridgehead atoms. The van der Waals surface area contributed by atoms with Crippen LogP contribution in [0.1, 0.15) is 24.0 Å². The molecule has 0 heterocycles. The fourth-order valence-corrected chi connectivity index (χ4v) is 3.97. The first-order chi connectivity index (χ1) is 19.5. The molecule has 3 amide bonds. The molecule has 4 unspecified atom stereocenters. The molecular weight excluding hydrogens is 550 g/mol. The van der Waals surface area contributed by atoms with Crippen molar-refractivity contribution in [1.29, 1.82) is 0 Å². The van der Waals surface area contributed by atoms with Gasteiger partial charge >= 0.3 is 5.97 Å². The molecule has 0 aromatic heterocycles. The number of guanidine groups is 1. The highest BCUT2D eigenvalue weighted by atomic mass is 32.1. The standard InChI is InChI=1S/C27H37N7O6S/c28-19(15-41)23(36)33-21(13-16-5-2-1-3-6-16)25(38)34-22(14-17-8-10-18(35)11-9-17)24(37)32-20(26(39)40)7-4-12-31-27(29)30/h1-3,5-6,8-11,19-22,35,41H,4,7,12-15,28H2,(H,32,37)(H,33,36)(H,34,38)(H,39,40)(H4,29,30,31). The Labute approximate surface area is 243 Å². The van der Waals surface area contributed by atoms with Gasteiger partial charge in [0, 0.05) is 25.1 Å². The van der Waals surface area contributed by atoms with Crippen LogP contribution in [0.2, 0.25) is 0 Å². The van der Waals surface area contributed by atoms with Crippen molar-refractivity contribution in [2.24, 2.45) is 22.2 Å². The molecule has 0 saturated heterocycles. The minimum atomic E-state index is -1.27. The minimum Gasteiger partial charge on any atom is -0.508 e. The number of aliphatic imine (C=N–C) groups is 1. The molecule has 222 valence electrons. The maximum atomic E-state index is 13.5. The average molecular weight is 588 g/mol. The summed E-state index contributed by atoms with van der Waals surface area (Å²) in [5, 5.41) is 27.0. The van der Waals surface area contributed by atoms with Gasteiger partial charge in [-0.1, -0.05) is 42.5 Å². The van der Waals surface area contributed by atoms with E-state index in [-0.39, 0.29) is 49.7 Å². The number of carboxylic acids is 1. The second-order valence-electron chi connectivity index (χ2n) is 9.32. The van der Waals surface area contributed by atoms with E-state index in [0.717, 1.165) is 5.56 Å². The van der Waals surface area contributed by atoms with Gasteiger partial charge in [-0.2, -0.15) is 12.6 Å². The van der Waals surface area contributed by atoms with Gasteiger partial charge in [-0.3, -0.25) is 19.4 Å². The molecule has 11 N–H and O–H groups in total. The maximum Gasteiger partial charge on any atom is 0.326 e. The van der Waals surface area contributed by atoms with Crippen LogP contribution in [-0.2, 0) is 32.0 Å². The maximum absolute atomic E-state index is 13.5. The number of carbonyl (C=O) groups excluding carboxylic acids is 3. The van der Waals surface area contributed by atoms with Gasteiger partial charge in [0.05, 0.1) is 6.04 Å². The Morgan fingerprint density at radius 2 is 1.32 bits per heavy atom. The molecule has 14 heteroatoms. The Morgan fingerprint density at radius 3 is 1.83 bits per heavy atom. The second kappa shape index (κ2) is 16.7. The van der Waals surface area contributed by atoms with E-state index >= 15 is 0 Å². The summed E-state index contributed by atoms with van der Waals surface area (Å²) >= 11 is 4.04. The topological polar surface area (TPSA) is 235 Å². The van der Waals surface area contributed by atoms with Crippen molar-refractivity contribution < 1.29 is 29.4 Å². The zero-order valence-electron chi connectivity index (χ0n) is 22.4. The molecule has 0 aliphatic rings. The number of aliphatic carboxylic acids is 1. The first-order valence-electron chi connectivity index (χ1n) is 12.9. The summed E-state index contributed by atoms with van der Waals surface area (Å²) in [6.45, 7) is 0.172. The SMILES string of the molecule is NC(N)=NCCCC(NC(=O)C(Cc1ccc(O)cc1)NC(=O)C(Cc1ccccc1)NC(=O)C(N)CS)C(=O)O. The van der Waals surface area contributed by atoms with E-state index in [1.54, 1.807) is 36.4 Å². The van der Waals surface area contributed by atoms with Gasteiger partial charge in [0.1, 0.15) is 23.9 Å². The zero-order chi connectivity index (χ0) is 30.4. The molecule has 2 rings (SSSR count). The average Bonchev–Trinajstić information content (AvgIpc) is 2.94. The van der Waals surface area contributed by atoms with Crippen molar-refractivity contribution >= 4 is 42.3 Å². The predicted molar refractivity (Wildman–Crippen MR) is 157 cm³/mol. The van der Waals surface area contributed by atoms with Crippen molar-refractivity contribution in [1.82, 2.24) is 16.0 Å². The van der Waals surface area contributed by atoms with Crippen LogP contribution in [0.25, 0.3) is 0 Å². The van der Waals surface area contributed by atoms with E-state index in [4.69, 9.17) is 17.2 Å². The Bertz CT molecular complexity index is 1190. The number of aromatic hydroxyl groups is 1. The molecule has 0 aliphatic heterocycles. The number of phenols is 1. The third kappa shape index (κ3) is 11.8. The molecule has 2 aromatic carbocycles. The normalized spacial score (nSPS) is 13.6. The Hall–Kier alpha value is -4.30. The van der Waals surface area contributed by atoms with Crippen molar-refractivity contribution in [3.8, 4) is 5.75 Å². The van der Waals surface area contributed by atoms with Crippen LogP contribution in [-0.4, -0.2) is 76.3 Å². The number of carboxylic acid groups (broad SMARTS) is 1. The first kappa shape index (κ1) is 32.9. The third-order valence-electron chi connectivity index (χ3n) is 6.02. The van der Waals surface area contributed by atoms with E-state index < -0.39 is 47.9 Å². The molecule has 41 heavy (non-hydrogen) atoms. The van der Waals surface area contributed by atoms with Gasteiger partial charge in [0.25, 0.3) is 0 Å². The minimum absolute atomic E-state index is 0.0108. The fraction of sp³-hybridized carbons (Fsp3) is 0.370. The molecule has 0 saturated carbocycles. The van der Waals surface area contributed by atoms with Crippen LogP contribution in [0.4, 0.5) is 0 Å². The van der Waals surface area contributed by atoms with Crippen LogP contribution in [0.15, 0.2) is 59.6 Å². The Balaban J connectivity index is 2.28. The molecule has 0 radical (unpaired) electrons. The number of hydrogen-bond donors (Lipinski definition) is 9. The quantitative estimate of drug-likeness (QED) is 0.0507. The van der Waals surface area contributed by atoms with E-state index in [1.165, 1.54) is 12.1 Å². The molecule has 2 aromatic rings. The lowest BCUT2D eigenvalue weighted by Crippen LogP contribution is -2.58. The van der Waals surface area contributed by atoms with Crippen LogP contribution in [0.5, 0.6) is 5.75 Å². The second-order valence-corrected chi connectivity index (χ2v) is 9.69. The van der Waals surface area contributed by atoms with Crippen molar-refractivity contribution in [2.75, 3.05) is 12.3 Å². The summed E-state index contributed by atoms with van der Waals surface area (Å²) in [6.07, 6.45) is 0.390. The number of thiol groups is 1. The van der Waals surface area contributed by atoms with Crippen molar-refractivity contribution in [3.05, 3.63) is 65.7 Å². The van der Waals surface area contributed by atoms with Crippen LogP contribution in [0, 0.1) is 0 Å². The molecule has 13 nitrogen and oxygen atoms in total. The monoisotopic (exact) mass is 587 g/mol.